The molecule has 2 heterocycles. The number of nitrogens with one attached hydrogen (secondary N) is 2. The van der Waals surface area contributed by atoms with E-state index < -0.39 is 27.8 Å². The summed E-state index contributed by atoms with van der Waals surface area (Å²) in [6, 6.07) is 23.2. The Morgan fingerprint density at radius 1 is 0.875 bits per heavy atom. The minimum absolute atomic E-state index is 0.0420. The fourth-order valence-corrected chi connectivity index (χ4v) is 7.46. The maximum atomic E-state index is 14.2. The molecule has 1 aromatic heterocycles. The first kappa shape index (κ1) is 34.5. The van der Waals surface area contributed by atoms with Gasteiger partial charge in [-0.2, -0.15) is 5.10 Å². The average molecular weight is 671 g/mol. The van der Waals surface area contributed by atoms with Crippen LogP contribution < -0.4 is 10.6 Å². The SMILES string of the molecule is Cc1nc2n(n1)CCN(C(=O)c1ccccc1S(=O)(=O)Cc1ccccc1)CCCC(=O)N[C@@H](Cc1ccccc1)C(=O)N[C@@H]2C(C)C. The number of aryl methyl sites for hydroxylation is 1. The van der Waals surface area contributed by atoms with Crippen molar-refractivity contribution in [3.63, 3.8) is 0 Å². The molecule has 0 bridgehead atoms. The molecule has 0 saturated heterocycles. The third-order valence-electron chi connectivity index (χ3n) is 8.34. The van der Waals surface area contributed by atoms with Gasteiger partial charge in [0.2, 0.25) is 11.8 Å². The van der Waals surface area contributed by atoms with Crippen LogP contribution in [0.25, 0.3) is 0 Å². The highest BCUT2D eigenvalue weighted by Crippen LogP contribution is 2.24. The van der Waals surface area contributed by atoms with Crippen LogP contribution in [-0.4, -0.2) is 64.9 Å². The number of benzene rings is 3. The Morgan fingerprint density at radius 3 is 2.21 bits per heavy atom. The predicted octanol–water partition coefficient (Wildman–Crippen LogP) is 4.04. The van der Waals surface area contributed by atoms with Crippen molar-refractivity contribution in [3.05, 3.63) is 113 Å². The first-order chi connectivity index (χ1) is 23.0. The topological polar surface area (TPSA) is 143 Å². The fraction of sp³-hybridized carbons (Fsp3) is 0.361. The molecule has 0 spiro atoms. The Labute approximate surface area is 281 Å². The van der Waals surface area contributed by atoms with Gasteiger partial charge < -0.3 is 15.5 Å². The molecule has 11 nitrogen and oxygen atoms in total. The summed E-state index contributed by atoms with van der Waals surface area (Å²) in [5, 5.41) is 10.6. The van der Waals surface area contributed by atoms with E-state index in [0.29, 0.717) is 30.1 Å². The van der Waals surface area contributed by atoms with Crippen LogP contribution in [0.3, 0.4) is 0 Å². The third-order valence-corrected chi connectivity index (χ3v) is 10.1. The molecule has 12 heteroatoms. The second-order valence-corrected chi connectivity index (χ2v) is 14.4. The van der Waals surface area contributed by atoms with E-state index in [9.17, 15) is 22.8 Å². The lowest BCUT2D eigenvalue weighted by molar-refractivity contribution is -0.129. The number of amides is 3. The highest BCUT2D eigenvalue weighted by molar-refractivity contribution is 7.90. The zero-order chi connectivity index (χ0) is 34.3. The smallest absolute Gasteiger partial charge is 0.255 e. The Morgan fingerprint density at radius 2 is 1.52 bits per heavy atom. The summed E-state index contributed by atoms with van der Waals surface area (Å²) in [6.07, 6.45) is 0.666. The van der Waals surface area contributed by atoms with Gasteiger partial charge in [0.15, 0.2) is 9.84 Å². The van der Waals surface area contributed by atoms with Crippen LogP contribution in [0.1, 0.15) is 65.9 Å². The number of nitrogens with zero attached hydrogens (tertiary/aromatic N) is 4. The number of rotatable bonds is 7. The number of hydrogen-bond donors (Lipinski definition) is 2. The summed E-state index contributed by atoms with van der Waals surface area (Å²) in [7, 11) is -3.86. The molecule has 0 aliphatic carbocycles. The van der Waals surface area contributed by atoms with E-state index in [-0.39, 0.29) is 60.0 Å². The fourth-order valence-electron chi connectivity index (χ4n) is 5.89. The van der Waals surface area contributed by atoms with E-state index in [1.54, 1.807) is 52.9 Å². The summed E-state index contributed by atoms with van der Waals surface area (Å²) < 4.78 is 28.9. The molecule has 0 fully saturated rings. The molecule has 48 heavy (non-hydrogen) atoms. The third kappa shape index (κ3) is 8.54. The van der Waals surface area contributed by atoms with Gasteiger partial charge in [-0.05, 0) is 42.5 Å². The van der Waals surface area contributed by atoms with Crippen LogP contribution in [0.2, 0.25) is 0 Å². The summed E-state index contributed by atoms with van der Waals surface area (Å²) in [6.45, 7) is 6.32. The van der Waals surface area contributed by atoms with E-state index in [0.717, 1.165) is 5.56 Å². The van der Waals surface area contributed by atoms with Gasteiger partial charge in [-0.1, -0.05) is 86.6 Å². The van der Waals surface area contributed by atoms with E-state index in [1.165, 1.54) is 12.1 Å². The second-order valence-electron chi connectivity index (χ2n) is 12.4. The minimum atomic E-state index is -3.86. The van der Waals surface area contributed by atoms with Crippen molar-refractivity contribution in [2.45, 2.75) is 69.3 Å². The normalized spacial score (nSPS) is 18.0. The molecular weight excluding hydrogens is 629 g/mol. The molecule has 5 rings (SSSR count). The summed E-state index contributed by atoms with van der Waals surface area (Å²) in [4.78, 5) is 47.3. The monoisotopic (exact) mass is 670 g/mol. The molecule has 3 amide bonds. The molecule has 1 aliphatic heterocycles. The Balaban J connectivity index is 1.46. The van der Waals surface area contributed by atoms with Crippen LogP contribution >= 0.6 is 0 Å². The quantitative estimate of drug-likeness (QED) is 0.302. The van der Waals surface area contributed by atoms with Crippen LogP contribution in [-0.2, 0) is 38.1 Å². The number of hydrogen-bond acceptors (Lipinski definition) is 7. The van der Waals surface area contributed by atoms with Crippen molar-refractivity contribution in [2.24, 2.45) is 5.92 Å². The number of fused-ring (bicyclic) bond motifs is 1. The van der Waals surface area contributed by atoms with Gasteiger partial charge in [0.25, 0.3) is 5.91 Å². The van der Waals surface area contributed by atoms with Crippen molar-refractivity contribution in [1.82, 2.24) is 30.3 Å². The molecule has 2 N–H and O–H groups in total. The lowest BCUT2D eigenvalue weighted by Crippen LogP contribution is -2.50. The van der Waals surface area contributed by atoms with Crippen LogP contribution in [0, 0.1) is 12.8 Å². The molecule has 0 unspecified atom stereocenters. The number of aromatic nitrogens is 3. The maximum Gasteiger partial charge on any atom is 0.255 e. The second kappa shape index (κ2) is 15.4. The highest BCUT2D eigenvalue weighted by atomic mass is 32.2. The number of carbonyl (C=O) groups is 3. The van der Waals surface area contributed by atoms with Crippen molar-refractivity contribution < 1.29 is 22.8 Å². The maximum absolute atomic E-state index is 14.2. The van der Waals surface area contributed by atoms with Crippen molar-refractivity contribution in [2.75, 3.05) is 13.1 Å². The number of sulfone groups is 1. The van der Waals surface area contributed by atoms with Crippen molar-refractivity contribution >= 4 is 27.6 Å². The predicted molar refractivity (Wildman–Crippen MR) is 181 cm³/mol. The largest absolute Gasteiger partial charge is 0.344 e. The minimum Gasteiger partial charge on any atom is -0.344 e. The Hall–Kier alpha value is -4.84. The molecule has 0 radical (unpaired) electrons. The summed E-state index contributed by atoms with van der Waals surface area (Å²) >= 11 is 0. The van der Waals surface area contributed by atoms with Crippen LogP contribution in [0.15, 0.2) is 89.8 Å². The molecule has 4 aromatic rings. The Bertz CT molecular complexity index is 1840. The van der Waals surface area contributed by atoms with Gasteiger partial charge in [0, 0.05) is 25.9 Å². The summed E-state index contributed by atoms with van der Waals surface area (Å²) in [5.41, 5.74) is 1.59. The van der Waals surface area contributed by atoms with Gasteiger partial charge >= 0.3 is 0 Å². The van der Waals surface area contributed by atoms with Gasteiger partial charge in [-0.25, -0.2) is 18.1 Å². The lowest BCUT2D eigenvalue weighted by Gasteiger charge is -2.28. The van der Waals surface area contributed by atoms with E-state index in [4.69, 9.17) is 0 Å². The average Bonchev–Trinajstić information content (AvgIpc) is 3.44. The lowest BCUT2D eigenvalue weighted by atomic mass is 10.0. The van der Waals surface area contributed by atoms with E-state index >= 15 is 0 Å². The van der Waals surface area contributed by atoms with Gasteiger partial charge in [-0.3, -0.25) is 14.4 Å². The molecule has 3 aromatic carbocycles. The zero-order valence-electron chi connectivity index (χ0n) is 27.5. The molecular formula is C36H42N6O5S. The Kier molecular flexibility index (Phi) is 11.0. The van der Waals surface area contributed by atoms with Gasteiger partial charge in [-0.15, -0.1) is 0 Å². The van der Waals surface area contributed by atoms with Crippen molar-refractivity contribution in [3.8, 4) is 0 Å². The van der Waals surface area contributed by atoms with E-state index in [2.05, 4.69) is 20.7 Å². The number of carbonyl (C=O) groups excluding carboxylic acids is 3. The van der Waals surface area contributed by atoms with E-state index in [1.807, 2.05) is 50.2 Å². The first-order valence-electron chi connectivity index (χ1n) is 16.2. The molecule has 1 aliphatic rings. The first-order valence-corrected chi connectivity index (χ1v) is 17.9. The van der Waals surface area contributed by atoms with Crippen LogP contribution in [0.5, 0.6) is 0 Å². The standard InChI is InChI=1S/C36H42N6O5S/c1-25(2)33-34-37-26(3)40-42(34)22-21-41(20-12-19-32(43)38-30(35(44)39-33)23-27-13-6-4-7-14-27)36(45)29-17-10-11-18-31(29)48(46,47)24-28-15-8-5-9-16-28/h4-11,13-18,25,30,33H,12,19-24H2,1-3H3,(H,38,43)(H,39,44)/t30-,33+/m0/s1. The molecule has 2 atom stereocenters. The van der Waals surface area contributed by atoms with Crippen LogP contribution in [0.4, 0.5) is 0 Å². The summed E-state index contributed by atoms with van der Waals surface area (Å²) in [5.74, 6) is -0.358. The molecule has 252 valence electrons. The zero-order valence-corrected chi connectivity index (χ0v) is 28.3. The highest BCUT2D eigenvalue weighted by Gasteiger charge is 2.31. The van der Waals surface area contributed by atoms with Gasteiger partial charge in [0.1, 0.15) is 17.7 Å². The molecule has 0 saturated carbocycles. The van der Waals surface area contributed by atoms with Gasteiger partial charge in [0.05, 0.1) is 28.8 Å². The van der Waals surface area contributed by atoms with Crippen molar-refractivity contribution in [1.29, 1.82) is 0 Å².